The number of halogens is 1. The largest absolute Gasteiger partial charge is 0.497 e. The fourth-order valence-corrected chi connectivity index (χ4v) is 3.97. The van der Waals surface area contributed by atoms with Crippen molar-refractivity contribution in [3.05, 3.63) is 64.7 Å². The Morgan fingerprint density at radius 3 is 2.27 bits per heavy atom. The van der Waals surface area contributed by atoms with E-state index < -0.39 is 6.04 Å². The van der Waals surface area contributed by atoms with E-state index in [1.165, 1.54) is 0 Å². The lowest BCUT2D eigenvalue weighted by Crippen LogP contribution is -2.51. The second kappa shape index (κ2) is 12.0. The zero-order chi connectivity index (χ0) is 23.8. The molecule has 33 heavy (non-hydrogen) atoms. The van der Waals surface area contributed by atoms with Crippen LogP contribution in [0.3, 0.4) is 0 Å². The number of morpholine rings is 1. The van der Waals surface area contributed by atoms with Crippen molar-refractivity contribution in [3.63, 3.8) is 0 Å². The maximum absolute atomic E-state index is 13.1. The third-order valence-corrected chi connectivity index (χ3v) is 6.05. The maximum Gasteiger partial charge on any atom is 0.251 e. The molecular formula is C25H32ClN3O4. The third-order valence-electron chi connectivity index (χ3n) is 5.80. The van der Waals surface area contributed by atoms with E-state index in [4.69, 9.17) is 21.1 Å². The molecule has 1 saturated heterocycles. The van der Waals surface area contributed by atoms with Gasteiger partial charge in [-0.2, -0.15) is 0 Å². The van der Waals surface area contributed by atoms with E-state index in [1.807, 2.05) is 38.1 Å². The van der Waals surface area contributed by atoms with Gasteiger partial charge in [0, 0.05) is 30.2 Å². The number of methoxy groups -OCH3 is 1. The molecule has 0 bridgehead atoms. The SMILES string of the molecule is COc1ccc(C(CNC(=O)C(NC(=O)c2ccc(Cl)cc2)C(C)C)N2CCOCC2)cc1. The molecule has 178 valence electrons. The Kier molecular flexibility index (Phi) is 9.11. The van der Waals surface area contributed by atoms with E-state index >= 15 is 0 Å². The summed E-state index contributed by atoms with van der Waals surface area (Å²) >= 11 is 5.91. The molecule has 0 saturated carbocycles. The summed E-state index contributed by atoms with van der Waals surface area (Å²) in [6, 6.07) is 13.8. The molecule has 2 atom stereocenters. The average Bonchev–Trinajstić information content (AvgIpc) is 2.83. The first kappa shape index (κ1) is 25.0. The third kappa shape index (κ3) is 6.93. The number of nitrogens with zero attached hydrogens (tertiary/aromatic N) is 1. The van der Waals surface area contributed by atoms with Crippen LogP contribution in [0.4, 0.5) is 0 Å². The molecule has 2 aromatic carbocycles. The molecule has 1 fully saturated rings. The zero-order valence-corrected chi connectivity index (χ0v) is 20.1. The Balaban J connectivity index is 1.69. The number of rotatable bonds is 9. The van der Waals surface area contributed by atoms with E-state index in [0.29, 0.717) is 30.3 Å². The van der Waals surface area contributed by atoms with E-state index in [2.05, 4.69) is 15.5 Å². The second-order valence-electron chi connectivity index (χ2n) is 8.38. The number of hydrogen-bond acceptors (Lipinski definition) is 5. The molecule has 2 unspecified atom stereocenters. The Labute approximate surface area is 200 Å². The number of nitrogens with one attached hydrogen (secondary N) is 2. The zero-order valence-electron chi connectivity index (χ0n) is 19.3. The van der Waals surface area contributed by atoms with Crippen molar-refractivity contribution in [2.75, 3.05) is 40.0 Å². The highest BCUT2D eigenvalue weighted by molar-refractivity contribution is 6.30. The number of amides is 2. The van der Waals surface area contributed by atoms with Gasteiger partial charge in [0.2, 0.25) is 5.91 Å². The average molecular weight is 474 g/mol. The first-order valence-electron chi connectivity index (χ1n) is 11.2. The highest BCUT2D eigenvalue weighted by Gasteiger charge is 2.28. The molecule has 3 rings (SSSR count). The second-order valence-corrected chi connectivity index (χ2v) is 8.82. The van der Waals surface area contributed by atoms with Crippen LogP contribution in [0.25, 0.3) is 0 Å². The van der Waals surface area contributed by atoms with Gasteiger partial charge in [0.1, 0.15) is 11.8 Å². The lowest BCUT2D eigenvalue weighted by Gasteiger charge is -2.35. The van der Waals surface area contributed by atoms with Crippen molar-refractivity contribution in [2.24, 2.45) is 5.92 Å². The number of carbonyl (C=O) groups excluding carboxylic acids is 2. The molecule has 0 aromatic heterocycles. The van der Waals surface area contributed by atoms with Gasteiger partial charge in [0.15, 0.2) is 0 Å². The monoisotopic (exact) mass is 473 g/mol. The van der Waals surface area contributed by atoms with E-state index in [1.54, 1.807) is 31.4 Å². The molecule has 2 N–H and O–H groups in total. The molecule has 7 nitrogen and oxygen atoms in total. The number of hydrogen-bond donors (Lipinski definition) is 2. The maximum atomic E-state index is 13.1. The Morgan fingerprint density at radius 1 is 1.06 bits per heavy atom. The van der Waals surface area contributed by atoms with Crippen LogP contribution in [0.5, 0.6) is 5.75 Å². The van der Waals surface area contributed by atoms with Crippen molar-refractivity contribution in [3.8, 4) is 5.75 Å². The highest BCUT2D eigenvalue weighted by Crippen LogP contribution is 2.24. The molecular weight excluding hydrogens is 442 g/mol. The van der Waals surface area contributed by atoms with Crippen molar-refractivity contribution in [1.82, 2.24) is 15.5 Å². The standard InChI is InChI=1S/C25H32ClN3O4/c1-17(2)23(28-24(30)19-4-8-20(26)9-5-19)25(31)27-16-22(29-12-14-33-15-13-29)18-6-10-21(32-3)11-7-18/h4-11,17,22-23H,12-16H2,1-3H3,(H,27,31)(H,28,30). The van der Waals surface area contributed by atoms with Gasteiger partial charge < -0.3 is 20.1 Å². The molecule has 0 radical (unpaired) electrons. The normalized spacial score (nSPS) is 16.2. The van der Waals surface area contributed by atoms with Gasteiger partial charge in [-0.05, 0) is 47.9 Å². The lowest BCUT2D eigenvalue weighted by atomic mass is 10.0. The van der Waals surface area contributed by atoms with Gasteiger partial charge >= 0.3 is 0 Å². The van der Waals surface area contributed by atoms with Gasteiger partial charge in [-0.25, -0.2) is 0 Å². The van der Waals surface area contributed by atoms with E-state index in [-0.39, 0.29) is 23.8 Å². The van der Waals surface area contributed by atoms with Gasteiger partial charge in [0.25, 0.3) is 5.91 Å². The number of benzene rings is 2. The molecule has 2 amide bonds. The predicted molar refractivity (Wildman–Crippen MR) is 129 cm³/mol. The number of ether oxygens (including phenoxy) is 2. The smallest absolute Gasteiger partial charge is 0.251 e. The van der Waals surface area contributed by atoms with Crippen molar-refractivity contribution >= 4 is 23.4 Å². The van der Waals surface area contributed by atoms with Crippen LogP contribution in [-0.4, -0.2) is 62.7 Å². The summed E-state index contributed by atoms with van der Waals surface area (Å²) in [4.78, 5) is 28.1. The molecule has 2 aromatic rings. The van der Waals surface area contributed by atoms with Crippen LogP contribution in [-0.2, 0) is 9.53 Å². The summed E-state index contributed by atoms with van der Waals surface area (Å²) in [5.74, 6) is 0.192. The summed E-state index contributed by atoms with van der Waals surface area (Å²) in [7, 11) is 1.64. The van der Waals surface area contributed by atoms with Crippen LogP contribution in [0, 0.1) is 5.92 Å². The summed E-state index contributed by atoms with van der Waals surface area (Å²) < 4.78 is 10.8. The minimum absolute atomic E-state index is 0.0106. The van der Waals surface area contributed by atoms with Gasteiger partial charge in [-0.3, -0.25) is 14.5 Å². The molecule has 1 aliphatic rings. The van der Waals surface area contributed by atoms with E-state index in [0.717, 1.165) is 24.4 Å². The molecule has 1 aliphatic heterocycles. The molecule has 8 heteroatoms. The Morgan fingerprint density at radius 2 is 1.70 bits per heavy atom. The first-order valence-corrected chi connectivity index (χ1v) is 11.6. The minimum atomic E-state index is -0.658. The Bertz CT molecular complexity index is 912. The quantitative estimate of drug-likeness (QED) is 0.584. The van der Waals surface area contributed by atoms with Crippen LogP contribution in [0.15, 0.2) is 48.5 Å². The molecule has 0 aliphatic carbocycles. The van der Waals surface area contributed by atoms with Crippen LogP contribution < -0.4 is 15.4 Å². The Hall–Kier alpha value is -2.61. The summed E-state index contributed by atoms with van der Waals surface area (Å²) in [5.41, 5.74) is 1.55. The fourth-order valence-electron chi connectivity index (χ4n) is 3.84. The van der Waals surface area contributed by atoms with Crippen LogP contribution in [0.2, 0.25) is 5.02 Å². The summed E-state index contributed by atoms with van der Waals surface area (Å²) in [5, 5.41) is 6.49. The van der Waals surface area contributed by atoms with Crippen molar-refractivity contribution in [1.29, 1.82) is 0 Å². The van der Waals surface area contributed by atoms with Gasteiger partial charge in [0.05, 0.1) is 26.4 Å². The topological polar surface area (TPSA) is 79.9 Å². The minimum Gasteiger partial charge on any atom is -0.497 e. The summed E-state index contributed by atoms with van der Waals surface area (Å²) in [6.07, 6.45) is 0. The summed E-state index contributed by atoms with van der Waals surface area (Å²) in [6.45, 7) is 7.13. The predicted octanol–water partition coefficient (Wildman–Crippen LogP) is 3.29. The van der Waals surface area contributed by atoms with Crippen LogP contribution in [0.1, 0.15) is 35.8 Å². The lowest BCUT2D eigenvalue weighted by molar-refractivity contribution is -0.124. The van der Waals surface area contributed by atoms with Gasteiger partial charge in [-0.15, -0.1) is 0 Å². The highest BCUT2D eigenvalue weighted by atomic mass is 35.5. The first-order chi connectivity index (χ1) is 15.9. The van der Waals surface area contributed by atoms with E-state index in [9.17, 15) is 9.59 Å². The molecule has 1 heterocycles. The number of carbonyl (C=O) groups is 2. The fraction of sp³-hybridized carbons (Fsp3) is 0.440. The van der Waals surface area contributed by atoms with Crippen molar-refractivity contribution < 1.29 is 19.1 Å². The van der Waals surface area contributed by atoms with Crippen molar-refractivity contribution in [2.45, 2.75) is 25.9 Å². The van der Waals surface area contributed by atoms with Gasteiger partial charge in [-0.1, -0.05) is 37.6 Å². The van der Waals surface area contributed by atoms with Crippen LogP contribution >= 0.6 is 11.6 Å². The molecule has 0 spiro atoms.